The van der Waals surface area contributed by atoms with Gasteiger partial charge in [-0.05, 0) is 32.0 Å². The number of fused-ring (bicyclic) bond motifs is 1. The van der Waals surface area contributed by atoms with E-state index in [4.69, 9.17) is 21.1 Å². The van der Waals surface area contributed by atoms with Gasteiger partial charge in [-0.3, -0.25) is 4.57 Å². The molecule has 0 atom stereocenters. The van der Waals surface area contributed by atoms with Crippen LogP contribution in [0.5, 0.6) is 11.6 Å². The zero-order valence-corrected chi connectivity index (χ0v) is 18.0. The number of hydrogen-bond acceptors (Lipinski definition) is 7. The Morgan fingerprint density at radius 1 is 1.13 bits per heavy atom. The number of rotatable bonds is 5. The molecule has 1 saturated heterocycles. The number of piperidine rings is 1. The maximum Gasteiger partial charge on any atom is 0.349 e. The standard InChI is InChI=1S/C21H24ClN5O3/c1-13(2)29-15-4-7-18(23-12-15)30-14-8-10-27(11-9-14)20-19-16(5-6-17(22)24-19)26(3)21(28)25-20/h4-7,12-14H,8-11H2,1-3H3. The molecule has 0 aliphatic carbocycles. The van der Waals surface area contributed by atoms with Crippen molar-refractivity contribution >= 4 is 28.5 Å². The van der Waals surface area contributed by atoms with Crippen LogP contribution in [0, 0.1) is 0 Å². The van der Waals surface area contributed by atoms with Gasteiger partial charge in [-0.1, -0.05) is 11.6 Å². The predicted molar refractivity (Wildman–Crippen MR) is 116 cm³/mol. The Hall–Kier alpha value is -2.87. The third-order valence-electron chi connectivity index (χ3n) is 5.01. The van der Waals surface area contributed by atoms with Crippen LogP contribution < -0.4 is 20.1 Å². The molecule has 0 saturated carbocycles. The van der Waals surface area contributed by atoms with Crippen molar-refractivity contribution in [1.82, 2.24) is 19.5 Å². The summed E-state index contributed by atoms with van der Waals surface area (Å²) in [5.41, 5.74) is 1.03. The van der Waals surface area contributed by atoms with Crippen LogP contribution in [0.1, 0.15) is 26.7 Å². The highest BCUT2D eigenvalue weighted by Crippen LogP contribution is 2.27. The third kappa shape index (κ3) is 4.33. The molecule has 0 amide bonds. The van der Waals surface area contributed by atoms with Crippen molar-refractivity contribution in [2.75, 3.05) is 18.0 Å². The molecular weight excluding hydrogens is 406 g/mol. The van der Waals surface area contributed by atoms with E-state index in [0.717, 1.165) is 18.6 Å². The van der Waals surface area contributed by atoms with Gasteiger partial charge in [-0.25, -0.2) is 14.8 Å². The molecule has 4 heterocycles. The van der Waals surface area contributed by atoms with E-state index in [1.807, 2.05) is 26.0 Å². The molecule has 0 radical (unpaired) electrons. The summed E-state index contributed by atoms with van der Waals surface area (Å²) in [4.78, 5) is 27.4. The zero-order chi connectivity index (χ0) is 21.3. The number of nitrogens with zero attached hydrogens (tertiary/aromatic N) is 5. The van der Waals surface area contributed by atoms with Crippen molar-refractivity contribution in [2.24, 2.45) is 7.05 Å². The molecule has 0 aromatic carbocycles. The van der Waals surface area contributed by atoms with Crippen molar-refractivity contribution in [3.63, 3.8) is 0 Å². The van der Waals surface area contributed by atoms with Gasteiger partial charge in [0.1, 0.15) is 22.5 Å². The molecule has 1 fully saturated rings. The highest BCUT2D eigenvalue weighted by Gasteiger charge is 2.24. The molecule has 158 valence electrons. The number of pyridine rings is 2. The Bertz CT molecular complexity index is 1090. The summed E-state index contributed by atoms with van der Waals surface area (Å²) in [5.74, 6) is 1.87. The molecule has 0 unspecified atom stereocenters. The fourth-order valence-electron chi connectivity index (χ4n) is 3.54. The van der Waals surface area contributed by atoms with Crippen molar-refractivity contribution in [3.05, 3.63) is 46.1 Å². The first-order chi connectivity index (χ1) is 14.4. The normalized spacial score (nSPS) is 15.0. The molecule has 8 nitrogen and oxygen atoms in total. The van der Waals surface area contributed by atoms with E-state index >= 15 is 0 Å². The van der Waals surface area contributed by atoms with Gasteiger partial charge in [0.05, 0.1) is 17.8 Å². The number of halogens is 1. The first-order valence-electron chi connectivity index (χ1n) is 9.98. The molecule has 1 aliphatic heterocycles. The van der Waals surface area contributed by atoms with Crippen LogP contribution in [0.3, 0.4) is 0 Å². The van der Waals surface area contributed by atoms with Crippen LogP contribution in [-0.2, 0) is 7.05 Å². The minimum atomic E-state index is -0.312. The van der Waals surface area contributed by atoms with Gasteiger partial charge in [-0.2, -0.15) is 4.98 Å². The quantitative estimate of drug-likeness (QED) is 0.576. The first-order valence-corrected chi connectivity index (χ1v) is 10.4. The molecule has 1 aliphatic rings. The first kappa shape index (κ1) is 20.4. The minimum absolute atomic E-state index is 0.0416. The molecule has 4 rings (SSSR count). The van der Waals surface area contributed by atoms with Gasteiger partial charge in [0, 0.05) is 39.0 Å². The zero-order valence-electron chi connectivity index (χ0n) is 17.2. The fourth-order valence-corrected chi connectivity index (χ4v) is 3.69. The monoisotopic (exact) mass is 429 g/mol. The Morgan fingerprint density at radius 2 is 1.90 bits per heavy atom. The van der Waals surface area contributed by atoms with Gasteiger partial charge in [0.15, 0.2) is 5.82 Å². The summed E-state index contributed by atoms with van der Waals surface area (Å²) in [6, 6.07) is 7.16. The van der Waals surface area contributed by atoms with E-state index in [0.29, 0.717) is 41.0 Å². The Kier molecular flexibility index (Phi) is 5.76. The number of aromatic nitrogens is 4. The van der Waals surface area contributed by atoms with Gasteiger partial charge in [0.2, 0.25) is 5.88 Å². The van der Waals surface area contributed by atoms with E-state index in [9.17, 15) is 4.79 Å². The summed E-state index contributed by atoms with van der Waals surface area (Å²) in [7, 11) is 1.68. The second-order valence-corrected chi connectivity index (χ2v) is 7.97. The number of aryl methyl sites for hydroxylation is 1. The molecule has 9 heteroatoms. The third-order valence-corrected chi connectivity index (χ3v) is 5.22. The van der Waals surface area contributed by atoms with Crippen molar-refractivity contribution in [1.29, 1.82) is 0 Å². The highest BCUT2D eigenvalue weighted by atomic mass is 35.5. The second-order valence-electron chi connectivity index (χ2n) is 7.58. The van der Waals surface area contributed by atoms with E-state index in [1.54, 1.807) is 25.4 Å². The number of hydrogen-bond donors (Lipinski definition) is 0. The van der Waals surface area contributed by atoms with E-state index in [1.165, 1.54) is 4.57 Å². The number of anilines is 1. The topological polar surface area (TPSA) is 82.4 Å². The summed E-state index contributed by atoms with van der Waals surface area (Å²) >= 11 is 6.09. The van der Waals surface area contributed by atoms with Gasteiger partial charge < -0.3 is 14.4 Å². The lowest BCUT2D eigenvalue weighted by Gasteiger charge is -2.33. The van der Waals surface area contributed by atoms with E-state index in [2.05, 4.69) is 19.9 Å². The molecule has 0 bridgehead atoms. The van der Waals surface area contributed by atoms with Crippen LogP contribution >= 0.6 is 11.6 Å². The van der Waals surface area contributed by atoms with Crippen molar-refractivity contribution < 1.29 is 9.47 Å². The minimum Gasteiger partial charge on any atom is -0.489 e. The average Bonchev–Trinajstić information content (AvgIpc) is 2.72. The van der Waals surface area contributed by atoms with E-state index in [-0.39, 0.29) is 17.9 Å². The molecule has 0 N–H and O–H groups in total. The van der Waals surface area contributed by atoms with Crippen molar-refractivity contribution in [2.45, 2.75) is 38.9 Å². The largest absolute Gasteiger partial charge is 0.489 e. The summed E-state index contributed by atoms with van der Waals surface area (Å²) in [6.45, 7) is 5.34. The second kappa shape index (κ2) is 8.47. The lowest BCUT2D eigenvalue weighted by atomic mass is 10.1. The van der Waals surface area contributed by atoms with Gasteiger partial charge >= 0.3 is 5.69 Å². The van der Waals surface area contributed by atoms with Crippen LogP contribution in [0.25, 0.3) is 11.0 Å². The Morgan fingerprint density at radius 3 is 2.57 bits per heavy atom. The maximum absolute atomic E-state index is 12.3. The van der Waals surface area contributed by atoms with Crippen LogP contribution in [0.2, 0.25) is 5.15 Å². The molecular formula is C21H24ClN5O3. The van der Waals surface area contributed by atoms with Crippen LogP contribution in [0.4, 0.5) is 5.82 Å². The molecule has 3 aromatic rings. The maximum atomic E-state index is 12.3. The number of ether oxygens (including phenoxy) is 2. The van der Waals surface area contributed by atoms with Crippen LogP contribution in [0.15, 0.2) is 35.3 Å². The molecule has 0 spiro atoms. The highest BCUT2D eigenvalue weighted by molar-refractivity contribution is 6.29. The smallest absolute Gasteiger partial charge is 0.349 e. The van der Waals surface area contributed by atoms with Gasteiger partial charge in [0.25, 0.3) is 0 Å². The average molecular weight is 430 g/mol. The lowest BCUT2D eigenvalue weighted by molar-refractivity contribution is 0.163. The Balaban J connectivity index is 1.46. The lowest BCUT2D eigenvalue weighted by Crippen LogP contribution is -2.40. The van der Waals surface area contributed by atoms with Crippen molar-refractivity contribution in [3.8, 4) is 11.6 Å². The summed E-state index contributed by atoms with van der Waals surface area (Å²) in [5, 5.41) is 0.374. The summed E-state index contributed by atoms with van der Waals surface area (Å²) in [6.07, 6.45) is 3.39. The molecule has 3 aromatic heterocycles. The summed E-state index contributed by atoms with van der Waals surface area (Å²) < 4.78 is 13.1. The predicted octanol–water partition coefficient (Wildman–Crippen LogP) is 3.21. The van der Waals surface area contributed by atoms with E-state index < -0.39 is 0 Å². The van der Waals surface area contributed by atoms with Gasteiger partial charge in [-0.15, -0.1) is 0 Å². The fraction of sp³-hybridized carbons (Fsp3) is 0.429. The Labute approximate surface area is 179 Å². The SMILES string of the molecule is CC(C)Oc1ccc(OC2CCN(c3nc(=O)n(C)c4ccc(Cl)nc34)CC2)nc1. The van der Waals surface area contributed by atoms with Crippen LogP contribution in [-0.4, -0.2) is 44.8 Å². The molecule has 30 heavy (non-hydrogen) atoms.